The number of aryl methyl sites for hydroxylation is 2. The van der Waals surface area contributed by atoms with E-state index in [9.17, 15) is 18.0 Å². The quantitative estimate of drug-likeness (QED) is 0.557. The number of H-pyrrole nitrogens is 1. The molecule has 0 saturated heterocycles. The number of anilines is 1. The Kier molecular flexibility index (Phi) is 5.17. The molecule has 4 rings (SSSR count). The van der Waals surface area contributed by atoms with Gasteiger partial charge in [0.15, 0.2) is 0 Å². The van der Waals surface area contributed by atoms with E-state index in [-0.39, 0.29) is 5.91 Å². The number of amides is 1. The average molecular weight is 402 g/mol. The molecule has 3 aromatic rings. The van der Waals surface area contributed by atoms with E-state index in [1.54, 1.807) is 6.07 Å². The molecule has 8 heteroatoms. The maximum Gasteiger partial charge on any atom is 0.417 e. The average Bonchev–Trinajstić information content (AvgIpc) is 3.08. The largest absolute Gasteiger partial charge is 0.417 e. The van der Waals surface area contributed by atoms with Crippen LogP contribution in [0, 0.1) is 0 Å². The van der Waals surface area contributed by atoms with E-state index in [1.807, 2.05) is 12.1 Å². The lowest BCUT2D eigenvalue weighted by atomic mass is 9.95. The van der Waals surface area contributed by atoms with Gasteiger partial charge in [0.25, 0.3) is 5.91 Å². The van der Waals surface area contributed by atoms with Crippen LogP contribution in [-0.2, 0) is 19.0 Å². The molecular formula is C21H21F3N4O. The number of rotatable bonds is 5. The second kappa shape index (κ2) is 7.77. The fourth-order valence-corrected chi connectivity index (χ4v) is 3.68. The Balaban J connectivity index is 1.33. The number of pyridine rings is 1. The van der Waals surface area contributed by atoms with Gasteiger partial charge in [-0.3, -0.25) is 4.79 Å². The Morgan fingerprint density at radius 1 is 1.10 bits per heavy atom. The first-order chi connectivity index (χ1) is 13.9. The molecule has 29 heavy (non-hydrogen) atoms. The van der Waals surface area contributed by atoms with E-state index < -0.39 is 11.7 Å². The number of alkyl halides is 3. The number of carbonyl (C=O) groups excluding carboxylic acids is 1. The molecule has 0 saturated carbocycles. The van der Waals surface area contributed by atoms with Gasteiger partial charge < -0.3 is 15.6 Å². The molecule has 0 bridgehead atoms. The number of nitrogens with one attached hydrogen (secondary N) is 3. The summed E-state index contributed by atoms with van der Waals surface area (Å²) in [4.78, 5) is 19.6. The highest BCUT2D eigenvalue weighted by Crippen LogP contribution is 2.30. The van der Waals surface area contributed by atoms with Crippen LogP contribution in [0.15, 0.2) is 36.5 Å². The summed E-state index contributed by atoms with van der Waals surface area (Å²) < 4.78 is 37.6. The molecular weight excluding hydrogens is 381 g/mol. The molecule has 1 aliphatic rings. The third kappa shape index (κ3) is 4.21. The number of hydrogen-bond donors (Lipinski definition) is 3. The maximum atomic E-state index is 12.5. The molecule has 0 fully saturated rings. The number of fused-ring (bicyclic) bond motifs is 3. The van der Waals surface area contributed by atoms with Crippen LogP contribution in [0.4, 0.5) is 19.0 Å². The van der Waals surface area contributed by atoms with E-state index in [0.717, 1.165) is 36.0 Å². The van der Waals surface area contributed by atoms with Gasteiger partial charge in [-0.1, -0.05) is 0 Å². The van der Waals surface area contributed by atoms with Crippen LogP contribution in [0.2, 0.25) is 0 Å². The molecule has 152 valence electrons. The van der Waals surface area contributed by atoms with Crippen molar-refractivity contribution in [2.75, 3.05) is 18.4 Å². The maximum absolute atomic E-state index is 12.5. The van der Waals surface area contributed by atoms with Crippen molar-refractivity contribution in [1.29, 1.82) is 0 Å². The number of hydrogen-bond acceptors (Lipinski definition) is 3. The molecule has 2 aromatic heterocycles. The first kappa shape index (κ1) is 19.3. The second-order valence-electron chi connectivity index (χ2n) is 7.16. The second-order valence-corrected chi connectivity index (χ2v) is 7.16. The van der Waals surface area contributed by atoms with Gasteiger partial charge in [0.2, 0.25) is 0 Å². The summed E-state index contributed by atoms with van der Waals surface area (Å²) in [6.45, 7) is 0.677. The molecule has 0 aliphatic heterocycles. The van der Waals surface area contributed by atoms with E-state index >= 15 is 0 Å². The SMILES string of the molecule is O=C(NCCNc1ccc(C(F)(F)F)cn1)c1ccc2[nH]c3c(c2c1)CCCC3. The van der Waals surface area contributed by atoms with Crippen molar-refractivity contribution >= 4 is 22.6 Å². The Morgan fingerprint density at radius 3 is 2.69 bits per heavy atom. The molecule has 3 N–H and O–H groups in total. The topological polar surface area (TPSA) is 69.8 Å². The summed E-state index contributed by atoms with van der Waals surface area (Å²) >= 11 is 0. The number of nitrogens with zero attached hydrogens (tertiary/aromatic N) is 1. The summed E-state index contributed by atoms with van der Waals surface area (Å²) in [6, 6.07) is 7.90. The minimum absolute atomic E-state index is 0.181. The summed E-state index contributed by atoms with van der Waals surface area (Å²) in [5, 5.41) is 6.83. The zero-order valence-electron chi connectivity index (χ0n) is 15.7. The lowest BCUT2D eigenvalue weighted by molar-refractivity contribution is -0.137. The van der Waals surface area contributed by atoms with E-state index in [2.05, 4.69) is 20.6 Å². The summed E-state index contributed by atoms with van der Waals surface area (Å²) in [6.07, 6.45) is 0.820. The van der Waals surface area contributed by atoms with Crippen LogP contribution in [0.3, 0.4) is 0 Å². The van der Waals surface area contributed by atoms with Gasteiger partial charge in [-0.15, -0.1) is 0 Å². The van der Waals surface area contributed by atoms with Crippen molar-refractivity contribution in [2.24, 2.45) is 0 Å². The Hall–Kier alpha value is -3.03. The van der Waals surface area contributed by atoms with Crippen molar-refractivity contribution in [2.45, 2.75) is 31.9 Å². The zero-order valence-corrected chi connectivity index (χ0v) is 15.7. The molecule has 0 spiro atoms. The van der Waals surface area contributed by atoms with Crippen LogP contribution in [0.1, 0.15) is 40.0 Å². The van der Waals surface area contributed by atoms with Crippen molar-refractivity contribution in [3.63, 3.8) is 0 Å². The summed E-state index contributed by atoms with van der Waals surface area (Å²) in [5.74, 6) is 0.146. The molecule has 0 atom stereocenters. The van der Waals surface area contributed by atoms with E-state index in [0.29, 0.717) is 24.5 Å². The van der Waals surface area contributed by atoms with Crippen LogP contribution < -0.4 is 10.6 Å². The molecule has 0 unspecified atom stereocenters. The summed E-state index contributed by atoms with van der Waals surface area (Å²) in [7, 11) is 0. The van der Waals surface area contributed by atoms with Crippen LogP contribution >= 0.6 is 0 Å². The first-order valence-electron chi connectivity index (χ1n) is 9.60. The predicted molar refractivity (Wildman–Crippen MR) is 105 cm³/mol. The van der Waals surface area contributed by atoms with E-state index in [1.165, 1.54) is 30.2 Å². The van der Waals surface area contributed by atoms with Gasteiger partial charge in [-0.25, -0.2) is 4.98 Å². The van der Waals surface area contributed by atoms with Crippen molar-refractivity contribution < 1.29 is 18.0 Å². The Morgan fingerprint density at radius 2 is 1.93 bits per heavy atom. The molecule has 1 amide bonds. The zero-order chi connectivity index (χ0) is 20.4. The normalized spacial score (nSPS) is 13.9. The van der Waals surface area contributed by atoms with Gasteiger partial charge in [0.1, 0.15) is 5.82 Å². The van der Waals surface area contributed by atoms with Crippen LogP contribution in [0.5, 0.6) is 0 Å². The Labute approximate surface area is 165 Å². The van der Waals surface area contributed by atoms with Crippen LogP contribution in [-0.4, -0.2) is 29.0 Å². The first-order valence-corrected chi connectivity index (χ1v) is 9.60. The molecule has 2 heterocycles. The van der Waals surface area contributed by atoms with Crippen molar-refractivity contribution in [3.05, 3.63) is 58.9 Å². The van der Waals surface area contributed by atoms with Gasteiger partial charge >= 0.3 is 6.18 Å². The number of halogens is 3. The van der Waals surface area contributed by atoms with E-state index in [4.69, 9.17) is 0 Å². The minimum atomic E-state index is -4.40. The standard InChI is InChI=1S/C21H21F3N4O/c22-21(23,24)14-6-8-19(27-12-14)25-9-10-26-20(29)13-5-7-18-16(11-13)15-3-1-2-4-17(15)28-18/h5-8,11-12,28H,1-4,9-10H2,(H,25,27)(H,26,29). The number of aromatic amines is 1. The van der Waals surface area contributed by atoms with Gasteiger partial charge in [0, 0.05) is 41.4 Å². The van der Waals surface area contributed by atoms with Gasteiger partial charge in [0.05, 0.1) is 5.56 Å². The number of carbonyl (C=O) groups is 1. The smallest absolute Gasteiger partial charge is 0.368 e. The third-order valence-corrected chi connectivity index (χ3v) is 5.17. The van der Waals surface area contributed by atoms with Gasteiger partial charge in [-0.2, -0.15) is 13.2 Å². The van der Waals surface area contributed by atoms with Crippen LogP contribution in [0.25, 0.3) is 10.9 Å². The van der Waals surface area contributed by atoms with Crippen molar-refractivity contribution in [1.82, 2.24) is 15.3 Å². The minimum Gasteiger partial charge on any atom is -0.368 e. The highest BCUT2D eigenvalue weighted by Gasteiger charge is 2.30. The lowest BCUT2D eigenvalue weighted by Gasteiger charge is -2.11. The lowest BCUT2D eigenvalue weighted by Crippen LogP contribution is -2.28. The predicted octanol–water partition coefficient (Wildman–Crippen LogP) is 4.30. The third-order valence-electron chi connectivity index (χ3n) is 5.17. The fraction of sp³-hybridized carbons (Fsp3) is 0.333. The molecule has 1 aliphatic carbocycles. The monoisotopic (exact) mass is 402 g/mol. The molecule has 0 radical (unpaired) electrons. The fourth-order valence-electron chi connectivity index (χ4n) is 3.68. The Bertz CT molecular complexity index is 1020. The summed E-state index contributed by atoms with van der Waals surface area (Å²) in [5.41, 5.74) is 3.45. The molecule has 5 nitrogen and oxygen atoms in total. The highest BCUT2D eigenvalue weighted by atomic mass is 19.4. The van der Waals surface area contributed by atoms with Gasteiger partial charge in [-0.05, 0) is 61.6 Å². The number of benzene rings is 1. The molecule has 1 aromatic carbocycles. The number of aromatic nitrogens is 2. The van der Waals surface area contributed by atoms with Crippen molar-refractivity contribution in [3.8, 4) is 0 Å². The highest BCUT2D eigenvalue weighted by molar-refractivity contribution is 5.99.